The van der Waals surface area contributed by atoms with E-state index in [0.717, 1.165) is 0 Å². The van der Waals surface area contributed by atoms with E-state index < -0.39 is 11.8 Å². The van der Waals surface area contributed by atoms with E-state index in [0.29, 0.717) is 34.4 Å². The van der Waals surface area contributed by atoms with Gasteiger partial charge in [-0.25, -0.2) is 9.37 Å². The minimum absolute atomic E-state index is 0.0277. The normalized spacial score (nSPS) is 10.3. The number of amides is 2. The third-order valence-corrected chi connectivity index (χ3v) is 4.75. The number of carbonyl (C=O) groups is 2. The zero-order valence-electron chi connectivity index (χ0n) is 16.2. The van der Waals surface area contributed by atoms with Crippen LogP contribution < -0.4 is 20.3 Å². The molecule has 1 aromatic heterocycles. The maximum Gasteiger partial charge on any atom is 0.276 e. The Labute approximate surface area is 176 Å². The molecule has 0 radical (unpaired) electrons. The van der Waals surface area contributed by atoms with Gasteiger partial charge in [0.05, 0.1) is 18.7 Å². The number of aromatic nitrogens is 1. The molecule has 2 aromatic carbocycles. The van der Waals surface area contributed by atoms with Crippen molar-refractivity contribution in [3.63, 3.8) is 0 Å². The number of carbonyl (C=O) groups excluding carboxylic acids is 2. The summed E-state index contributed by atoms with van der Waals surface area (Å²) in [5.74, 6) is -0.332. The zero-order valence-corrected chi connectivity index (χ0v) is 17.0. The fraction of sp³-hybridized carbons (Fsp3) is 0.190. The number of ether oxygens (including phenoxy) is 2. The van der Waals surface area contributed by atoms with Crippen molar-refractivity contribution in [2.75, 3.05) is 13.2 Å². The van der Waals surface area contributed by atoms with Gasteiger partial charge >= 0.3 is 0 Å². The van der Waals surface area contributed by atoms with Crippen LogP contribution in [-0.4, -0.2) is 30.0 Å². The standard InChI is InChI=1S/C21H20FN3O4S/c1-2-28-17-8-3-4-9-18(17)29-12-20(27)25-24-19(26)11-16-13-30-21(23-16)14-6-5-7-15(22)10-14/h3-10,13H,2,11-12H2,1H3,(H,24,26)(H,25,27). The third kappa shape index (κ3) is 6.02. The lowest BCUT2D eigenvalue weighted by atomic mass is 10.2. The zero-order chi connectivity index (χ0) is 21.3. The average molecular weight is 429 g/mol. The minimum atomic E-state index is -0.520. The van der Waals surface area contributed by atoms with Crippen LogP contribution in [0.1, 0.15) is 12.6 Å². The monoisotopic (exact) mass is 429 g/mol. The fourth-order valence-corrected chi connectivity index (χ4v) is 3.33. The van der Waals surface area contributed by atoms with E-state index in [-0.39, 0.29) is 18.8 Å². The SMILES string of the molecule is CCOc1ccccc1OCC(=O)NNC(=O)Cc1csc(-c2cccc(F)c2)n1. The number of nitrogens with one attached hydrogen (secondary N) is 2. The van der Waals surface area contributed by atoms with Gasteiger partial charge in [0.2, 0.25) is 5.91 Å². The first-order valence-electron chi connectivity index (χ1n) is 9.18. The Morgan fingerprint density at radius 3 is 2.50 bits per heavy atom. The molecule has 1 heterocycles. The number of hydrazine groups is 1. The number of thiazole rings is 1. The van der Waals surface area contributed by atoms with E-state index in [4.69, 9.17) is 9.47 Å². The summed E-state index contributed by atoms with van der Waals surface area (Å²) in [6, 6.07) is 13.1. The number of nitrogens with zero attached hydrogens (tertiary/aromatic N) is 1. The highest BCUT2D eigenvalue weighted by Gasteiger charge is 2.12. The maximum absolute atomic E-state index is 13.3. The predicted octanol–water partition coefficient (Wildman–Crippen LogP) is 3.12. The second-order valence-electron chi connectivity index (χ2n) is 6.10. The molecule has 0 bridgehead atoms. The lowest BCUT2D eigenvalue weighted by Gasteiger charge is -2.11. The smallest absolute Gasteiger partial charge is 0.276 e. The molecule has 0 aliphatic heterocycles. The van der Waals surface area contributed by atoms with Crippen LogP contribution in [0.15, 0.2) is 53.9 Å². The summed E-state index contributed by atoms with van der Waals surface area (Å²) in [7, 11) is 0. The van der Waals surface area contributed by atoms with E-state index in [2.05, 4.69) is 15.8 Å². The van der Waals surface area contributed by atoms with Gasteiger partial charge in [0.15, 0.2) is 18.1 Å². The molecule has 3 aromatic rings. The molecular weight excluding hydrogens is 409 g/mol. The highest BCUT2D eigenvalue weighted by Crippen LogP contribution is 2.26. The van der Waals surface area contributed by atoms with Gasteiger partial charge < -0.3 is 9.47 Å². The molecule has 3 rings (SSSR count). The Morgan fingerprint density at radius 1 is 1.03 bits per heavy atom. The molecule has 30 heavy (non-hydrogen) atoms. The van der Waals surface area contributed by atoms with Gasteiger partial charge in [-0.3, -0.25) is 20.4 Å². The summed E-state index contributed by atoms with van der Waals surface area (Å²) in [6.45, 7) is 2.04. The number of halogens is 1. The van der Waals surface area contributed by atoms with E-state index >= 15 is 0 Å². The molecule has 0 saturated heterocycles. The van der Waals surface area contributed by atoms with Gasteiger partial charge in [-0.2, -0.15) is 0 Å². The molecule has 2 amide bonds. The summed E-state index contributed by atoms with van der Waals surface area (Å²) in [4.78, 5) is 28.3. The van der Waals surface area contributed by atoms with E-state index in [1.807, 2.05) is 6.92 Å². The van der Waals surface area contributed by atoms with E-state index in [1.54, 1.807) is 41.8 Å². The number of hydrogen-bond donors (Lipinski definition) is 2. The lowest BCUT2D eigenvalue weighted by Crippen LogP contribution is -2.44. The fourth-order valence-electron chi connectivity index (χ4n) is 2.51. The molecule has 2 N–H and O–H groups in total. The second-order valence-corrected chi connectivity index (χ2v) is 6.95. The van der Waals surface area contributed by atoms with Gasteiger partial charge in [0.25, 0.3) is 5.91 Å². The summed E-state index contributed by atoms with van der Waals surface area (Å²) >= 11 is 1.31. The number of para-hydroxylation sites is 2. The Balaban J connectivity index is 1.45. The first-order chi connectivity index (χ1) is 14.5. The topological polar surface area (TPSA) is 89.5 Å². The summed E-state index contributed by atoms with van der Waals surface area (Å²) in [6.07, 6.45) is -0.0277. The molecule has 0 saturated carbocycles. The van der Waals surface area contributed by atoms with Crippen molar-refractivity contribution >= 4 is 23.2 Å². The van der Waals surface area contributed by atoms with Crippen molar-refractivity contribution in [1.82, 2.24) is 15.8 Å². The summed E-state index contributed by atoms with van der Waals surface area (Å²) in [5, 5.41) is 2.33. The number of hydrogen-bond acceptors (Lipinski definition) is 6. The van der Waals surface area contributed by atoms with E-state index in [1.165, 1.54) is 23.5 Å². The third-order valence-electron chi connectivity index (χ3n) is 3.81. The largest absolute Gasteiger partial charge is 0.490 e. The van der Waals surface area contributed by atoms with Crippen molar-refractivity contribution in [3.05, 3.63) is 65.4 Å². The van der Waals surface area contributed by atoms with Crippen LogP contribution in [0.2, 0.25) is 0 Å². The highest BCUT2D eigenvalue weighted by atomic mass is 32.1. The van der Waals surface area contributed by atoms with Gasteiger partial charge in [-0.1, -0.05) is 24.3 Å². The molecular formula is C21H20FN3O4S. The first-order valence-corrected chi connectivity index (χ1v) is 10.1. The van der Waals surface area contributed by atoms with Gasteiger partial charge in [0.1, 0.15) is 10.8 Å². The van der Waals surface area contributed by atoms with Crippen LogP contribution in [0.5, 0.6) is 11.5 Å². The molecule has 7 nitrogen and oxygen atoms in total. The molecule has 0 aliphatic carbocycles. The van der Waals surface area contributed by atoms with Crippen molar-refractivity contribution in [2.45, 2.75) is 13.3 Å². The molecule has 0 aliphatic rings. The lowest BCUT2D eigenvalue weighted by molar-refractivity contribution is -0.129. The summed E-state index contributed by atoms with van der Waals surface area (Å²) < 4.78 is 24.2. The van der Waals surface area contributed by atoms with Crippen LogP contribution in [0.25, 0.3) is 10.6 Å². The Morgan fingerprint density at radius 2 is 1.77 bits per heavy atom. The van der Waals surface area contributed by atoms with Crippen molar-refractivity contribution in [2.24, 2.45) is 0 Å². The molecule has 0 fully saturated rings. The number of rotatable bonds is 8. The maximum atomic E-state index is 13.3. The highest BCUT2D eigenvalue weighted by molar-refractivity contribution is 7.13. The first kappa shape index (κ1) is 21.3. The quantitative estimate of drug-likeness (QED) is 0.537. The van der Waals surface area contributed by atoms with Crippen LogP contribution in [-0.2, 0) is 16.0 Å². The summed E-state index contributed by atoms with van der Waals surface area (Å²) in [5.41, 5.74) is 5.78. The molecule has 156 valence electrons. The van der Waals surface area contributed by atoms with Crippen molar-refractivity contribution in [1.29, 1.82) is 0 Å². The number of benzene rings is 2. The molecule has 0 atom stereocenters. The molecule has 0 unspecified atom stereocenters. The van der Waals surface area contributed by atoms with Crippen LogP contribution in [0, 0.1) is 5.82 Å². The second kappa shape index (κ2) is 10.4. The minimum Gasteiger partial charge on any atom is -0.490 e. The average Bonchev–Trinajstić information content (AvgIpc) is 3.20. The van der Waals surface area contributed by atoms with Gasteiger partial charge in [-0.15, -0.1) is 11.3 Å². The van der Waals surface area contributed by atoms with E-state index in [9.17, 15) is 14.0 Å². The Hall–Kier alpha value is -3.46. The van der Waals surface area contributed by atoms with Crippen molar-refractivity contribution in [3.8, 4) is 22.1 Å². The predicted molar refractivity (Wildman–Crippen MR) is 111 cm³/mol. The molecule has 0 spiro atoms. The Bertz CT molecular complexity index is 1020. The Kier molecular flexibility index (Phi) is 7.34. The van der Waals surface area contributed by atoms with Crippen LogP contribution in [0.3, 0.4) is 0 Å². The van der Waals surface area contributed by atoms with Gasteiger partial charge in [-0.05, 0) is 31.2 Å². The van der Waals surface area contributed by atoms with Crippen LogP contribution >= 0.6 is 11.3 Å². The van der Waals surface area contributed by atoms with Gasteiger partial charge in [0, 0.05) is 10.9 Å². The van der Waals surface area contributed by atoms with Crippen molar-refractivity contribution < 1.29 is 23.5 Å². The van der Waals surface area contributed by atoms with Crippen LogP contribution in [0.4, 0.5) is 4.39 Å². The molecule has 9 heteroatoms.